The van der Waals surface area contributed by atoms with Gasteiger partial charge in [-0.25, -0.2) is 0 Å². The summed E-state index contributed by atoms with van der Waals surface area (Å²) in [4.78, 5) is 12.3. The van der Waals surface area contributed by atoms with Crippen LogP contribution in [0.25, 0.3) is 16.4 Å². The quantitative estimate of drug-likeness (QED) is 0.504. The molecule has 4 rings (SSSR count). The second kappa shape index (κ2) is 8.08. The molecule has 0 aliphatic carbocycles. The van der Waals surface area contributed by atoms with Gasteiger partial charge in [0, 0.05) is 19.2 Å². The zero-order chi connectivity index (χ0) is 19.3. The summed E-state index contributed by atoms with van der Waals surface area (Å²) in [6.45, 7) is 2.32. The zero-order valence-corrected chi connectivity index (χ0v) is 15.7. The molecule has 2 heterocycles. The molecule has 4 aromatic rings. The van der Waals surface area contributed by atoms with Crippen molar-refractivity contribution >= 4 is 22.3 Å². The minimum atomic E-state index is -0.560. The zero-order valence-electron chi connectivity index (χ0n) is 15.7. The van der Waals surface area contributed by atoms with E-state index in [2.05, 4.69) is 15.5 Å². The smallest absolute Gasteiger partial charge is 0.260 e. The van der Waals surface area contributed by atoms with Crippen LogP contribution in [0.4, 0.5) is 0 Å². The third-order valence-electron chi connectivity index (χ3n) is 4.66. The Bertz CT molecular complexity index is 1110. The third kappa shape index (κ3) is 3.96. The van der Waals surface area contributed by atoms with E-state index in [0.29, 0.717) is 12.3 Å². The summed E-state index contributed by atoms with van der Waals surface area (Å²) in [7, 11) is 0. The number of hydrogen-bond acceptors (Lipinski definition) is 4. The van der Waals surface area contributed by atoms with E-state index in [0.717, 1.165) is 35.1 Å². The van der Waals surface area contributed by atoms with Crippen LogP contribution in [-0.4, -0.2) is 33.2 Å². The fraction of sp³-hybridized carbons (Fsp3) is 0.227. The number of amides is 1. The molecule has 0 fully saturated rings. The summed E-state index contributed by atoms with van der Waals surface area (Å²) in [5.41, 5.74) is 0.832. The molecule has 1 unspecified atom stereocenters. The maximum atomic E-state index is 12.3. The van der Waals surface area contributed by atoms with Crippen LogP contribution in [0.15, 0.2) is 66.9 Å². The van der Waals surface area contributed by atoms with Gasteiger partial charge >= 0.3 is 0 Å². The van der Waals surface area contributed by atoms with Gasteiger partial charge in [-0.05, 0) is 48.4 Å². The Morgan fingerprint density at radius 1 is 1.07 bits per heavy atom. The standard InChI is InChI=1S/C22H22N4O2/c1-16(28-19-12-11-17-7-2-3-8-18(17)15-19)22(27)23-13-6-10-21-25-24-20-9-4-5-14-26(20)21/h2-5,7-9,11-12,14-16H,6,10,13H2,1H3,(H,23,27). The Labute approximate surface area is 163 Å². The summed E-state index contributed by atoms with van der Waals surface area (Å²) < 4.78 is 7.77. The van der Waals surface area contributed by atoms with Crippen molar-refractivity contribution in [1.29, 1.82) is 0 Å². The van der Waals surface area contributed by atoms with Crippen molar-refractivity contribution in [2.45, 2.75) is 25.9 Å². The molecule has 6 nitrogen and oxygen atoms in total. The average Bonchev–Trinajstić information content (AvgIpc) is 3.14. The number of fused-ring (bicyclic) bond motifs is 2. The highest BCUT2D eigenvalue weighted by molar-refractivity contribution is 5.84. The molecule has 1 amide bonds. The van der Waals surface area contributed by atoms with Gasteiger partial charge in [0.1, 0.15) is 11.6 Å². The molecular formula is C22H22N4O2. The van der Waals surface area contributed by atoms with Crippen molar-refractivity contribution in [2.24, 2.45) is 0 Å². The van der Waals surface area contributed by atoms with Crippen LogP contribution < -0.4 is 10.1 Å². The van der Waals surface area contributed by atoms with Gasteiger partial charge in [-0.3, -0.25) is 9.20 Å². The minimum absolute atomic E-state index is 0.126. The van der Waals surface area contributed by atoms with Crippen molar-refractivity contribution < 1.29 is 9.53 Å². The van der Waals surface area contributed by atoms with E-state index >= 15 is 0 Å². The molecule has 0 spiro atoms. The van der Waals surface area contributed by atoms with E-state index < -0.39 is 6.10 Å². The normalized spacial score (nSPS) is 12.2. The summed E-state index contributed by atoms with van der Waals surface area (Å²) in [6, 6.07) is 19.7. The lowest BCUT2D eigenvalue weighted by Gasteiger charge is -2.15. The van der Waals surface area contributed by atoms with Crippen molar-refractivity contribution in [3.63, 3.8) is 0 Å². The predicted molar refractivity (Wildman–Crippen MR) is 108 cm³/mol. The molecule has 28 heavy (non-hydrogen) atoms. The van der Waals surface area contributed by atoms with E-state index in [4.69, 9.17) is 4.74 Å². The first-order valence-corrected chi connectivity index (χ1v) is 9.42. The van der Waals surface area contributed by atoms with Crippen LogP contribution in [0, 0.1) is 0 Å². The first-order valence-electron chi connectivity index (χ1n) is 9.42. The molecule has 1 atom stereocenters. The Kier molecular flexibility index (Phi) is 5.19. The van der Waals surface area contributed by atoms with Crippen LogP contribution in [0.5, 0.6) is 5.75 Å². The number of carbonyl (C=O) groups excluding carboxylic acids is 1. The molecular weight excluding hydrogens is 352 g/mol. The number of aromatic nitrogens is 3. The summed E-state index contributed by atoms with van der Waals surface area (Å²) in [6.07, 6.45) is 2.91. The van der Waals surface area contributed by atoms with Crippen LogP contribution in [0.3, 0.4) is 0 Å². The summed E-state index contributed by atoms with van der Waals surface area (Å²) in [5.74, 6) is 1.46. The number of carbonyl (C=O) groups is 1. The fourth-order valence-corrected chi connectivity index (χ4v) is 3.16. The Morgan fingerprint density at radius 3 is 2.79 bits per heavy atom. The molecule has 6 heteroatoms. The van der Waals surface area contributed by atoms with E-state index in [1.807, 2.05) is 71.3 Å². The van der Waals surface area contributed by atoms with E-state index in [9.17, 15) is 4.79 Å². The molecule has 0 aliphatic heterocycles. The number of rotatable bonds is 7. The lowest BCUT2D eigenvalue weighted by molar-refractivity contribution is -0.127. The molecule has 142 valence electrons. The topological polar surface area (TPSA) is 68.5 Å². The molecule has 2 aromatic heterocycles. The lowest BCUT2D eigenvalue weighted by atomic mass is 10.1. The maximum Gasteiger partial charge on any atom is 0.260 e. The Hall–Kier alpha value is -3.41. The van der Waals surface area contributed by atoms with Crippen molar-refractivity contribution in [3.05, 3.63) is 72.7 Å². The molecule has 0 bridgehead atoms. The first-order chi connectivity index (χ1) is 13.7. The molecule has 0 saturated carbocycles. The number of hydrogen-bond donors (Lipinski definition) is 1. The van der Waals surface area contributed by atoms with Gasteiger partial charge in [0.2, 0.25) is 0 Å². The fourth-order valence-electron chi connectivity index (χ4n) is 3.16. The minimum Gasteiger partial charge on any atom is -0.481 e. The van der Waals surface area contributed by atoms with Gasteiger partial charge in [-0.15, -0.1) is 10.2 Å². The van der Waals surface area contributed by atoms with Gasteiger partial charge < -0.3 is 10.1 Å². The predicted octanol–water partition coefficient (Wildman–Crippen LogP) is 3.40. The van der Waals surface area contributed by atoms with Gasteiger partial charge in [0.05, 0.1) is 0 Å². The first kappa shape index (κ1) is 18.0. The molecule has 0 radical (unpaired) electrons. The average molecular weight is 374 g/mol. The number of pyridine rings is 1. The second-order valence-corrected chi connectivity index (χ2v) is 6.71. The van der Waals surface area contributed by atoms with Crippen LogP contribution >= 0.6 is 0 Å². The van der Waals surface area contributed by atoms with Crippen LogP contribution in [-0.2, 0) is 11.2 Å². The molecule has 2 aromatic carbocycles. The summed E-state index contributed by atoms with van der Waals surface area (Å²) in [5, 5.41) is 13.5. The highest BCUT2D eigenvalue weighted by Crippen LogP contribution is 2.21. The van der Waals surface area contributed by atoms with Crippen molar-refractivity contribution in [1.82, 2.24) is 19.9 Å². The van der Waals surface area contributed by atoms with Crippen LogP contribution in [0.2, 0.25) is 0 Å². The van der Waals surface area contributed by atoms with Crippen molar-refractivity contribution in [2.75, 3.05) is 6.54 Å². The number of aryl methyl sites for hydroxylation is 1. The molecule has 0 aliphatic rings. The largest absolute Gasteiger partial charge is 0.481 e. The van der Waals surface area contributed by atoms with Gasteiger partial charge in [-0.2, -0.15) is 0 Å². The maximum absolute atomic E-state index is 12.3. The van der Waals surface area contributed by atoms with E-state index in [1.165, 1.54) is 0 Å². The van der Waals surface area contributed by atoms with Crippen molar-refractivity contribution in [3.8, 4) is 5.75 Å². The number of nitrogens with one attached hydrogen (secondary N) is 1. The van der Waals surface area contributed by atoms with E-state index in [1.54, 1.807) is 6.92 Å². The van der Waals surface area contributed by atoms with E-state index in [-0.39, 0.29) is 5.91 Å². The number of nitrogens with zero attached hydrogens (tertiary/aromatic N) is 3. The second-order valence-electron chi connectivity index (χ2n) is 6.71. The van der Waals surface area contributed by atoms with Gasteiger partial charge in [0.15, 0.2) is 11.8 Å². The van der Waals surface area contributed by atoms with Gasteiger partial charge in [-0.1, -0.05) is 36.4 Å². The van der Waals surface area contributed by atoms with Gasteiger partial charge in [0.25, 0.3) is 5.91 Å². The lowest BCUT2D eigenvalue weighted by Crippen LogP contribution is -2.37. The highest BCUT2D eigenvalue weighted by Gasteiger charge is 2.14. The highest BCUT2D eigenvalue weighted by atomic mass is 16.5. The number of ether oxygens (including phenoxy) is 1. The Morgan fingerprint density at radius 2 is 1.89 bits per heavy atom. The summed E-state index contributed by atoms with van der Waals surface area (Å²) >= 11 is 0. The SMILES string of the molecule is CC(Oc1ccc2ccccc2c1)C(=O)NCCCc1nnc2ccccn12. The molecule has 1 N–H and O–H groups in total. The number of benzene rings is 2. The molecule has 0 saturated heterocycles. The Balaban J connectivity index is 1.27. The monoisotopic (exact) mass is 374 g/mol. The third-order valence-corrected chi connectivity index (χ3v) is 4.66. The van der Waals surface area contributed by atoms with Crippen LogP contribution in [0.1, 0.15) is 19.2 Å².